The Labute approximate surface area is 96.4 Å². The van der Waals surface area contributed by atoms with Crippen molar-refractivity contribution in [3.8, 4) is 5.75 Å². The fourth-order valence-corrected chi connectivity index (χ4v) is 1.54. The van der Waals surface area contributed by atoms with Crippen LogP contribution in [0.3, 0.4) is 0 Å². The minimum absolute atomic E-state index is 0.0451. The molecule has 0 saturated heterocycles. The van der Waals surface area contributed by atoms with Gasteiger partial charge in [-0.2, -0.15) is 0 Å². The van der Waals surface area contributed by atoms with Crippen LogP contribution >= 0.6 is 0 Å². The van der Waals surface area contributed by atoms with E-state index in [1.165, 1.54) is 0 Å². The largest absolute Gasteiger partial charge is 0.496 e. The van der Waals surface area contributed by atoms with Crippen LogP contribution in [0.1, 0.15) is 23.7 Å². The molecule has 88 valence electrons. The Morgan fingerprint density at radius 1 is 1.31 bits per heavy atom. The van der Waals surface area contributed by atoms with Crippen molar-refractivity contribution in [2.24, 2.45) is 5.92 Å². The van der Waals surface area contributed by atoms with E-state index in [4.69, 9.17) is 9.47 Å². The number of hydrogen-bond donors (Lipinski definition) is 0. The average molecular weight is 222 g/mol. The van der Waals surface area contributed by atoms with Gasteiger partial charge in [0.1, 0.15) is 5.75 Å². The van der Waals surface area contributed by atoms with Gasteiger partial charge in [0.05, 0.1) is 12.7 Å². The van der Waals surface area contributed by atoms with Gasteiger partial charge in [-0.05, 0) is 18.6 Å². The Balaban J connectivity index is 2.79. The highest BCUT2D eigenvalue weighted by molar-refractivity contribution is 6.00. The van der Waals surface area contributed by atoms with E-state index in [0.29, 0.717) is 17.9 Å². The number of methoxy groups -OCH3 is 2. The lowest BCUT2D eigenvalue weighted by atomic mass is 9.96. The van der Waals surface area contributed by atoms with E-state index in [0.717, 1.165) is 6.42 Å². The van der Waals surface area contributed by atoms with Gasteiger partial charge >= 0.3 is 0 Å². The summed E-state index contributed by atoms with van der Waals surface area (Å²) >= 11 is 0. The number of ketones is 1. The fraction of sp³-hybridized carbons (Fsp3) is 0.462. The molecule has 0 bridgehead atoms. The first-order valence-corrected chi connectivity index (χ1v) is 5.37. The van der Waals surface area contributed by atoms with Crippen LogP contribution in [0.5, 0.6) is 5.75 Å². The molecule has 0 aliphatic carbocycles. The van der Waals surface area contributed by atoms with Crippen LogP contribution in [0, 0.1) is 5.92 Å². The Morgan fingerprint density at radius 2 is 2.00 bits per heavy atom. The molecule has 0 saturated carbocycles. The highest BCUT2D eigenvalue weighted by Gasteiger charge is 2.18. The summed E-state index contributed by atoms with van der Waals surface area (Å²) in [7, 11) is 3.21. The predicted molar refractivity (Wildman–Crippen MR) is 63.0 cm³/mol. The molecular formula is C13H18O3. The average Bonchev–Trinajstić information content (AvgIpc) is 2.34. The van der Waals surface area contributed by atoms with Crippen molar-refractivity contribution in [3.05, 3.63) is 29.8 Å². The Bertz CT molecular complexity index is 347. The number of benzene rings is 1. The third-order valence-corrected chi connectivity index (χ3v) is 2.58. The second-order valence-electron chi connectivity index (χ2n) is 3.75. The first kappa shape index (κ1) is 12.7. The lowest BCUT2D eigenvalue weighted by Crippen LogP contribution is -2.14. The molecule has 1 aromatic carbocycles. The Morgan fingerprint density at radius 3 is 2.62 bits per heavy atom. The summed E-state index contributed by atoms with van der Waals surface area (Å²) in [6.45, 7) is 2.51. The SMILES string of the molecule is COCCC(C)C(=O)c1ccccc1OC. The predicted octanol–water partition coefficient (Wildman–Crippen LogP) is 2.55. The number of rotatable bonds is 6. The molecule has 1 rings (SSSR count). The summed E-state index contributed by atoms with van der Waals surface area (Å²) in [6, 6.07) is 7.30. The molecule has 3 heteroatoms. The quantitative estimate of drug-likeness (QED) is 0.694. The summed E-state index contributed by atoms with van der Waals surface area (Å²) in [5.74, 6) is 0.697. The van der Waals surface area contributed by atoms with Gasteiger partial charge in [0.15, 0.2) is 5.78 Å². The Hall–Kier alpha value is -1.35. The molecule has 0 heterocycles. The van der Waals surface area contributed by atoms with Gasteiger partial charge in [-0.3, -0.25) is 4.79 Å². The van der Waals surface area contributed by atoms with Crippen molar-refractivity contribution in [2.45, 2.75) is 13.3 Å². The normalized spacial score (nSPS) is 12.2. The monoisotopic (exact) mass is 222 g/mol. The van der Waals surface area contributed by atoms with Gasteiger partial charge in [-0.15, -0.1) is 0 Å². The topological polar surface area (TPSA) is 35.5 Å². The number of Topliss-reactive ketones (excluding diaryl/α,β-unsaturated/α-hetero) is 1. The molecule has 0 spiro atoms. The van der Waals surface area contributed by atoms with Gasteiger partial charge in [0, 0.05) is 19.6 Å². The smallest absolute Gasteiger partial charge is 0.169 e. The van der Waals surface area contributed by atoms with Gasteiger partial charge in [-0.1, -0.05) is 19.1 Å². The van der Waals surface area contributed by atoms with E-state index >= 15 is 0 Å². The van der Waals surface area contributed by atoms with Gasteiger partial charge in [0.2, 0.25) is 0 Å². The number of hydrogen-bond acceptors (Lipinski definition) is 3. The molecular weight excluding hydrogens is 204 g/mol. The van der Waals surface area contributed by atoms with Crippen molar-refractivity contribution in [1.82, 2.24) is 0 Å². The van der Waals surface area contributed by atoms with Crippen LogP contribution in [0.2, 0.25) is 0 Å². The van der Waals surface area contributed by atoms with Crippen molar-refractivity contribution in [3.63, 3.8) is 0 Å². The highest BCUT2D eigenvalue weighted by atomic mass is 16.5. The summed E-state index contributed by atoms with van der Waals surface area (Å²) in [5, 5.41) is 0. The Kier molecular flexibility index (Phi) is 4.99. The van der Waals surface area contributed by atoms with Crippen LogP contribution in [0.15, 0.2) is 24.3 Å². The molecule has 1 aromatic rings. The molecule has 1 unspecified atom stereocenters. The maximum atomic E-state index is 12.1. The summed E-state index contributed by atoms with van der Waals surface area (Å²) in [5.41, 5.74) is 0.647. The standard InChI is InChI=1S/C13H18O3/c1-10(8-9-15-2)13(14)11-6-4-5-7-12(11)16-3/h4-7,10H,8-9H2,1-3H3. The van der Waals surface area contributed by atoms with Crippen LogP contribution in [-0.4, -0.2) is 26.6 Å². The van der Waals surface area contributed by atoms with Gasteiger partial charge in [-0.25, -0.2) is 0 Å². The van der Waals surface area contributed by atoms with Gasteiger partial charge in [0.25, 0.3) is 0 Å². The first-order chi connectivity index (χ1) is 7.70. The van der Waals surface area contributed by atoms with E-state index < -0.39 is 0 Å². The molecule has 1 atom stereocenters. The maximum Gasteiger partial charge on any atom is 0.169 e. The third kappa shape index (κ3) is 3.07. The summed E-state index contributed by atoms with van der Waals surface area (Å²) in [6.07, 6.45) is 0.730. The van der Waals surface area contributed by atoms with Gasteiger partial charge < -0.3 is 9.47 Å². The number of carbonyl (C=O) groups is 1. The number of carbonyl (C=O) groups excluding carboxylic acids is 1. The zero-order valence-corrected chi connectivity index (χ0v) is 10.0. The molecule has 16 heavy (non-hydrogen) atoms. The van der Waals surface area contributed by atoms with Crippen LogP contribution in [-0.2, 0) is 4.74 Å². The molecule has 0 fully saturated rings. The molecule has 0 radical (unpaired) electrons. The zero-order valence-electron chi connectivity index (χ0n) is 10.0. The fourth-order valence-electron chi connectivity index (χ4n) is 1.54. The van der Waals surface area contributed by atoms with E-state index in [-0.39, 0.29) is 11.7 Å². The maximum absolute atomic E-state index is 12.1. The second kappa shape index (κ2) is 6.28. The number of para-hydroxylation sites is 1. The first-order valence-electron chi connectivity index (χ1n) is 5.37. The van der Waals surface area contributed by atoms with E-state index in [2.05, 4.69) is 0 Å². The van der Waals surface area contributed by atoms with Crippen LogP contribution in [0.25, 0.3) is 0 Å². The van der Waals surface area contributed by atoms with Crippen LogP contribution in [0.4, 0.5) is 0 Å². The van der Waals surface area contributed by atoms with Crippen LogP contribution < -0.4 is 4.74 Å². The molecule has 0 aliphatic rings. The molecule has 3 nitrogen and oxygen atoms in total. The minimum atomic E-state index is -0.0451. The molecule has 0 aliphatic heterocycles. The lowest BCUT2D eigenvalue weighted by molar-refractivity contribution is 0.0890. The second-order valence-corrected chi connectivity index (χ2v) is 3.75. The molecule has 0 aromatic heterocycles. The van der Waals surface area contributed by atoms with E-state index in [1.54, 1.807) is 26.4 Å². The van der Waals surface area contributed by atoms with Crippen molar-refractivity contribution in [1.29, 1.82) is 0 Å². The van der Waals surface area contributed by atoms with Crippen molar-refractivity contribution < 1.29 is 14.3 Å². The lowest BCUT2D eigenvalue weighted by Gasteiger charge is -2.12. The minimum Gasteiger partial charge on any atom is -0.496 e. The highest BCUT2D eigenvalue weighted by Crippen LogP contribution is 2.22. The van der Waals surface area contributed by atoms with E-state index in [9.17, 15) is 4.79 Å². The zero-order chi connectivity index (χ0) is 12.0. The molecule has 0 N–H and O–H groups in total. The third-order valence-electron chi connectivity index (χ3n) is 2.58. The van der Waals surface area contributed by atoms with Crippen molar-refractivity contribution in [2.75, 3.05) is 20.8 Å². The van der Waals surface area contributed by atoms with E-state index in [1.807, 2.05) is 19.1 Å². The molecule has 0 amide bonds. The summed E-state index contributed by atoms with van der Waals surface area (Å²) in [4.78, 5) is 12.1. The van der Waals surface area contributed by atoms with Crippen molar-refractivity contribution >= 4 is 5.78 Å². The summed E-state index contributed by atoms with van der Waals surface area (Å²) < 4.78 is 10.1. The number of ether oxygens (including phenoxy) is 2.